The molecular formula is C23H41NO4S. The monoisotopic (exact) mass is 427 g/mol. The molecule has 3 fully saturated rings. The van der Waals surface area contributed by atoms with Crippen LogP contribution in [-0.2, 0) is 19.0 Å². The molecule has 0 radical (unpaired) electrons. The summed E-state index contributed by atoms with van der Waals surface area (Å²) in [7, 11) is 5.51. The summed E-state index contributed by atoms with van der Waals surface area (Å²) in [6.07, 6.45) is 7.81. The van der Waals surface area contributed by atoms with Gasteiger partial charge in [0.2, 0.25) is 5.91 Å². The fourth-order valence-electron chi connectivity index (χ4n) is 5.16. The molecule has 0 aromatic rings. The predicted molar refractivity (Wildman–Crippen MR) is 118 cm³/mol. The van der Waals surface area contributed by atoms with Crippen LogP contribution in [-0.4, -0.2) is 73.0 Å². The summed E-state index contributed by atoms with van der Waals surface area (Å²) in [6, 6.07) is 0. The summed E-state index contributed by atoms with van der Waals surface area (Å²) in [5.74, 6) is 2.34. The van der Waals surface area contributed by atoms with Gasteiger partial charge >= 0.3 is 0 Å². The van der Waals surface area contributed by atoms with Crippen LogP contribution in [0.15, 0.2) is 0 Å². The lowest BCUT2D eigenvalue weighted by molar-refractivity contribution is -0.128. The number of epoxide rings is 2. The molecule has 2 heterocycles. The Labute approximate surface area is 181 Å². The molecule has 3 aliphatic rings. The second-order valence-corrected chi connectivity index (χ2v) is 11.3. The molecule has 5 nitrogen and oxygen atoms in total. The molecule has 0 aromatic carbocycles. The molecule has 0 N–H and O–H groups in total. The Morgan fingerprint density at radius 1 is 1.31 bits per heavy atom. The van der Waals surface area contributed by atoms with Crippen molar-refractivity contribution in [1.82, 2.24) is 4.90 Å². The summed E-state index contributed by atoms with van der Waals surface area (Å²) in [6.45, 7) is 7.71. The lowest BCUT2D eigenvalue weighted by Gasteiger charge is -2.43. The van der Waals surface area contributed by atoms with E-state index in [0.29, 0.717) is 29.6 Å². The van der Waals surface area contributed by atoms with Gasteiger partial charge in [-0.05, 0) is 57.1 Å². The number of ether oxygens (including phenoxy) is 3. The van der Waals surface area contributed by atoms with E-state index in [1.165, 1.54) is 6.42 Å². The van der Waals surface area contributed by atoms with E-state index in [-0.39, 0.29) is 23.2 Å². The van der Waals surface area contributed by atoms with Gasteiger partial charge in [-0.25, -0.2) is 0 Å². The van der Waals surface area contributed by atoms with Crippen LogP contribution < -0.4 is 0 Å². The van der Waals surface area contributed by atoms with Gasteiger partial charge in [0.05, 0.1) is 24.4 Å². The van der Waals surface area contributed by atoms with E-state index in [0.717, 1.165) is 44.5 Å². The normalized spacial score (nSPS) is 38.4. The highest BCUT2D eigenvalue weighted by molar-refractivity contribution is 7.99. The van der Waals surface area contributed by atoms with Crippen molar-refractivity contribution in [2.24, 2.45) is 11.8 Å². The lowest BCUT2D eigenvalue weighted by atomic mass is 9.69. The van der Waals surface area contributed by atoms with Crippen LogP contribution in [0.4, 0.5) is 0 Å². The minimum Gasteiger partial charge on any atom is -0.380 e. The number of methoxy groups -OCH3 is 1. The maximum Gasteiger partial charge on any atom is 0.222 e. The van der Waals surface area contributed by atoms with Crippen molar-refractivity contribution < 1.29 is 19.0 Å². The molecule has 1 spiro atoms. The molecule has 29 heavy (non-hydrogen) atoms. The SMILES string of the molecule is CO[C@@H]1C(SCCCCC(=O)N(C)C)CC[C@]2(CO2)[C@H]1[C@@]1(C)O[C@@H]1CCC(C)C. The number of carbonyl (C=O) groups is 1. The van der Waals surface area contributed by atoms with Crippen LogP contribution in [0.25, 0.3) is 0 Å². The molecule has 0 aromatic heterocycles. The van der Waals surface area contributed by atoms with Gasteiger partial charge in [0.15, 0.2) is 0 Å². The first kappa shape index (κ1) is 23.4. The average molecular weight is 428 g/mol. The van der Waals surface area contributed by atoms with Crippen LogP contribution >= 0.6 is 11.8 Å². The van der Waals surface area contributed by atoms with Crippen LogP contribution in [0.5, 0.6) is 0 Å². The molecule has 6 heteroatoms. The van der Waals surface area contributed by atoms with Crippen LogP contribution in [0.1, 0.15) is 65.7 Å². The number of hydrogen-bond donors (Lipinski definition) is 0. The average Bonchev–Trinajstić information content (AvgIpc) is 3.58. The van der Waals surface area contributed by atoms with Crippen LogP contribution in [0.3, 0.4) is 0 Å². The highest BCUT2D eigenvalue weighted by Gasteiger charge is 2.71. The van der Waals surface area contributed by atoms with Crippen molar-refractivity contribution in [2.45, 2.75) is 94.4 Å². The number of unbranched alkanes of at least 4 members (excludes halogenated alkanes) is 1. The van der Waals surface area contributed by atoms with E-state index in [2.05, 4.69) is 20.8 Å². The molecule has 2 saturated heterocycles. The maximum absolute atomic E-state index is 11.7. The molecular weight excluding hydrogens is 386 g/mol. The third-order valence-electron chi connectivity index (χ3n) is 7.12. The second-order valence-electron chi connectivity index (χ2n) is 9.99. The Bertz CT molecular complexity index is 565. The summed E-state index contributed by atoms with van der Waals surface area (Å²) in [4.78, 5) is 13.4. The lowest BCUT2D eigenvalue weighted by Crippen LogP contribution is -2.53. The summed E-state index contributed by atoms with van der Waals surface area (Å²) < 4.78 is 18.5. The zero-order chi connectivity index (χ0) is 21.2. The standard InChI is InChI=1S/C23H41NO4S/c1-16(2)10-11-18-22(3,28-18)21-20(26-6)17(12-13-23(21)15-27-23)29-14-8-7-9-19(25)24(4)5/h16-18,20-21H,7-15H2,1-6H3/t17?,18-,20-,21-,22+,23+/m1/s1. The Morgan fingerprint density at radius 3 is 2.62 bits per heavy atom. The van der Waals surface area contributed by atoms with Gasteiger partial charge in [0.1, 0.15) is 5.60 Å². The van der Waals surface area contributed by atoms with Crippen LogP contribution in [0.2, 0.25) is 0 Å². The molecule has 2 aliphatic heterocycles. The van der Waals surface area contributed by atoms with E-state index in [9.17, 15) is 4.79 Å². The van der Waals surface area contributed by atoms with Crippen LogP contribution in [0, 0.1) is 11.8 Å². The molecule has 1 saturated carbocycles. The quantitative estimate of drug-likeness (QED) is 0.366. The molecule has 6 atom stereocenters. The predicted octanol–water partition coefficient (Wildman–Crippen LogP) is 4.13. The summed E-state index contributed by atoms with van der Waals surface area (Å²) in [5, 5.41) is 0.483. The van der Waals surface area contributed by atoms with Crippen molar-refractivity contribution in [2.75, 3.05) is 33.6 Å². The van der Waals surface area contributed by atoms with Gasteiger partial charge in [0, 0.05) is 38.8 Å². The van der Waals surface area contributed by atoms with Gasteiger partial charge in [-0.3, -0.25) is 4.79 Å². The topological polar surface area (TPSA) is 54.6 Å². The molecule has 1 unspecified atom stereocenters. The summed E-state index contributed by atoms with van der Waals surface area (Å²) >= 11 is 2.02. The Morgan fingerprint density at radius 2 is 2.03 bits per heavy atom. The van der Waals surface area contributed by atoms with Crippen molar-refractivity contribution in [3.63, 3.8) is 0 Å². The third kappa shape index (κ3) is 5.31. The fraction of sp³-hybridized carbons (Fsp3) is 0.957. The number of nitrogens with zero attached hydrogens (tertiary/aromatic N) is 1. The van der Waals surface area contributed by atoms with Crippen molar-refractivity contribution in [3.05, 3.63) is 0 Å². The number of hydrogen-bond acceptors (Lipinski definition) is 5. The Kier molecular flexibility index (Phi) is 7.62. The Balaban J connectivity index is 1.54. The number of thioether (sulfide) groups is 1. The van der Waals surface area contributed by atoms with Crippen molar-refractivity contribution in [3.8, 4) is 0 Å². The maximum atomic E-state index is 11.7. The molecule has 1 amide bonds. The second kappa shape index (κ2) is 9.46. The fourth-order valence-corrected chi connectivity index (χ4v) is 6.58. The summed E-state index contributed by atoms with van der Waals surface area (Å²) in [5.41, 5.74) is -0.124. The smallest absolute Gasteiger partial charge is 0.222 e. The van der Waals surface area contributed by atoms with Gasteiger partial charge in [-0.2, -0.15) is 11.8 Å². The zero-order valence-corrected chi connectivity index (χ0v) is 20.1. The zero-order valence-electron chi connectivity index (χ0n) is 19.2. The van der Waals surface area contributed by atoms with Crippen molar-refractivity contribution >= 4 is 17.7 Å². The van der Waals surface area contributed by atoms with Gasteiger partial charge in [0.25, 0.3) is 0 Å². The largest absolute Gasteiger partial charge is 0.380 e. The Hall–Kier alpha value is -0.300. The molecule has 3 rings (SSSR count). The minimum absolute atomic E-state index is 0.0167. The minimum atomic E-state index is -0.108. The number of rotatable bonds is 11. The van der Waals surface area contributed by atoms with E-state index in [4.69, 9.17) is 14.2 Å². The molecule has 168 valence electrons. The van der Waals surface area contributed by atoms with Gasteiger partial charge in [-0.15, -0.1) is 0 Å². The highest BCUT2D eigenvalue weighted by atomic mass is 32.2. The number of amides is 1. The molecule has 0 bridgehead atoms. The van der Waals surface area contributed by atoms with Crippen molar-refractivity contribution in [1.29, 1.82) is 0 Å². The van der Waals surface area contributed by atoms with E-state index < -0.39 is 0 Å². The van der Waals surface area contributed by atoms with Gasteiger partial charge < -0.3 is 19.1 Å². The number of carbonyl (C=O) groups excluding carboxylic acids is 1. The molecule has 1 aliphatic carbocycles. The highest BCUT2D eigenvalue weighted by Crippen LogP contribution is 2.60. The van der Waals surface area contributed by atoms with E-state index in [1.54, 1.807) is 4.90 Å². The first-order valence-electron chi connectivity index (χ1n) is 11.4. The van der Waals surface area contributed by atoms with E-state index >= 15 is 0 Å². The van der Waals surface area contributed by atoms with Gasteiger partial charge in [-0.1, -0.05) is 13.8 Å². The third-order valence-corrected chi connectivity index (χ3v) is 8.58. The van der Waals surface area contributed by atoms with E-state index in [1.807, 2.05) is 33.0 Å². The first-order valence-corrected chi connectivity index (χ1v) is 12.4. The first-order chi connectivity index (χ1) is 13.7.